The molecule has 2 aliphatic rings. The molecule has 0 saturated carbocycles. The third-order valence-electron chi connectivity index (χ3n) is 5.47. The highest BCUT2D eigenvalue weighted by Gasteiger charge is 2.54. The summed E-state index contributed by atoms with van der Waals surface area (Å²) in [5, 5.41) is 33.1. The van der Waals surface area contributed by atoms with Crippen LogP contribution in [0.3, 0.4) is 0 Å². The predicted molar refractivity (Wildman–Crippen MR) is 106 cm³/mol. The van der Waals surface area contributed by atoms with Gasteiger partial charge in [-0.2, -0.15) is 15.8 Å². The van der Waals surface area contributed by atoms with Crippen molar-refractivity contribution >= 4 is 0 Å². The number of benzene rings is 1. The number of nitrogens with zero attached hydrogens (tertiary/aromatic N) is 3. The van der Waals surface area contributed by atoms with Gasteiger partial charge in [0, 0.05) is 24.9 Å². The van der Waals surface area contributed by atoms with Gasteiger partial charge in [-0.05, 0) is 37.1 Å². The summed E-state index contributed by atoms with van der Waals surface area (Å²) < 4.78 is 11.4. The summed E-state index contributed by atoms with van der Waals surface area (Å²) >= 11 is 0. The first kappa shape index (κ1) is 20.3. The smallest absolute Gasteiger partial charge is 0.191 e. The lowest BCUT2D eigenvalue weighted by atomic mass is 9.58. The summed E-state index contributed by atoms with van der Waals surface area (Å²) in [5.41, 5.74) is 6.45. The van der Waals surface area contributed by atoms with E-state index in [2.05, 4.69) is 23.5 Å². The molecule has 1 aliphatic carbocycles. The molecule has 1 heterocycles. The summed E-state index contributed by atoms with van der Waals surface area (Å²) in [7, 11) is 0. The Bertz CT molecular complexity index is 976. The first-order valence-corrected chi connectivity index (χ1v) is 9.61. The Balaban J connectivity index is 2.25. The van der Waals surface area contributed by atoms with Gasteiger partial charge in [0.2, 0.25) is 0 Å². The lowest BCUT2D eigenvalue weighted by Crippen LogP contribution is -2.46. The molecule has 148 valence electrons. The molecule has 0 fully saturated rings. The fraction of sp³-hybridized carbons (Fsp3) is 0.409. The number of ether oxygens (including phenoxy) is 2. The largest absolute Gasteiger partial charge is 0.490 e. The van der Waals surface area contributed by atoms with Crippen molar-refractivity contribution in [2.24, 2.45) is 17.1 Å². The first-order chi connectivity index (χ1) is 14.1. The van der Waals surface area contributed by atoms with Gasteiger partial charge in [-0.3, -0.25) is 0 Å². The highest BCUT2D eigenvalue weighted by Crippen LogP contribution is 2.54. The van der Waals surface area contributed by atoms with E-state index in [0.717, 1.165) is 11.1 Å². The molecule has 1 aromatic rings. The van der Waals surface area contributed by atoms with E-state index in [-0.39, 0.29) is 17.2 Å². The van der Waals surface area contributed by atoms with Gasteiger partial charge in [-0.1, -0.05) is 12.1 Å². The van der Waals surface area contributed by atoms with Crippen molar-refractivity contribution in [3.05, 3.63) is 46.7 Å². The maximum atomic E-state index is 10.1. The van der Waals surface area contributed by atoms with Crippen LogP contribution >= 0.6 is 0 Å². The quantitative estimate of drug-likeness (QED) is 0.791. The van der Waals surface area contributed by atoms with E-state index in [1.54, 1.807) is 6.07 Å². The number of rotatable bonds is 5. The molecule has 29 heavy (non-hydrogen) atoms. The van der Waals surface area contributed by atoms with E-state index < -0.39 is 11.3 Å². The van der Waals surface area contributed by atoms with Gasteiger partial charge < -0.3 is 20.5 Å². The van der Waals surface area contributed by atoms with Crippen molar-refractivity contribution in [2.45, 2.75) is 19.8 Å². The van der Waals surface area contributed by atoms with Crippen LogP contribution in [0.2, 0.25) is 0 Å². The van der Waals surface area contributed by atoms with Crippen molar-refractivity contribution in [3.8, 4) is 29.7 Å². The van der Waals surface area contributed by atoms with E-state index in [1.165, 1.54) is 0 Å². The number of nitriles is 3. The minimum atomic E-state index is -1.65. The number of hydrogen-bond acceptors (Lipinski definition) is 7. The monoisotopic (exact) mass is 389 g/mol. The molecule has 3 N–H and O–H groups in total. The third kappa shape index (κ3) is 3.18. The minimum absolute atomic E-state index is 0.0197. The molecule has 1 aromatic carbocycles. The molecule has 2 atom stereocenters. The molecule has 0 bridgehead atoms. The third-order valence-corrected chi connectivity index (χ3v) is 5.47. The van der Waals surface area contributed by atoms with Crippen LogP contribution in [0.25, 0.3) is 0 Å². The standard InChI is InChI=1S/C22H23N5O2/c1-3-28-18-6-5-14(9-19(18)29-4-2)20-17-11-27-8-7-15(17)16(10-23)21(26)22(20,12-24)13-25/h5-7,9,17,20,27H,3-4,8,11,26H2,1-2H3/t17-,20+/m1/s1. The number of nitrogens with two attached hydrogens (primary N) is 1. The van der Waals surface area contributed by atoms with Crippen molar-refractivity contribution in [1.29, 1.82) is 15.8 Å². The summed E-state index contributed by atoms with van der Waals surface area (Å²) in [4.78, 5) is 0. The Morgan fingerprint density at radius 2 is 1.83 bits per heavy atom. The molecule has 0 unspecified atom stereocenters. The Labute approximate surface area is 170 Å². The van der Waals surface area contributed by atoms with Crippen LogP contribution in [0.5, 0.6) is 11.5 Å². The fourth-order valence-electron chi connectivity index (χ4n) is 4.24. The summed E-state index contributed by atoms with van der Waals surface area (Å²) in [5.74, 6) is 0.368. The SMILES string of the molecule is CCOc1ccc([C@H]2[C@@H]3CNCC=C3C(C#N)=C(N)C2(C#N)C#N)cc1OCC. The lowest BCUT2D eigenvalue weighted by Gasteiger charge is -2.43. The van der Waals surface area contributed by atoms with E-state index in [4.69, 9.17) is 15.2 Å². The molecule has 0 spiro atoms. The Kier molecular flexibility index (Phi) is 5.78. The van der Waals surface area contributed by atoms with Gasteiger partial charge in [-0.25, -0.2) is 0 Å². The van der Waals surface area contributed by atoms with Gasteiger partial charge in [0.1, 0.15) is 6.07 Å². The molecule has 0 amide bonds. The van der Waals surface area contributed by atoms with Crippen LogP contribution in [0.15, 0.2) is 41.1 Å². The Hall–Kier alpha value is -3.47. The number of fused-ring (bicyclic) bond motifs is 1. The zero-order chi connectivity index (χ0) is 21.0. The Morgan fingerprint density at radius 3 is 2.45 bits per heavy atom. The molecule has 0 saturated heterocycles. The maximum absolute atomic E-state index is 10.1. The first-order valence-electron chi connectivity index (χ1n) is 9.61. The second-order valence-corrected chi connectivity index (χ2v) is 6.91. The maximum Gasteiger partial charge on any atom is 0.191 e. The number of hydrogen-bond donors (Lipinski definition) is 2. The summed E-state index contributed by atoms with van der Waals surface area (Å²) in [6.07, 6.45) is 1.92. The van der Waals surface area contributed by atoms with Crippen LogP contribution in [0, 0.1) is 45.3 Å². The van der Waals surface area contributed by atoms with E-state index in [1.807, 2.05) is 32.1 Å². The highest BCUT2D eigenvalue weighted by molar-refractivity contribution is 5.60. The fourth-order valence-corrected chi connectivity index (χ4v) is 4.24. The average molecular weight is 389 g/mol. The molecule has 0 radical (unpaired) electrons. The van der Waals surface area contributed by atoms with Crippen molar-refractivity contribution in [2.75, 3.05) is 26.3 Å². The van der Waals surface area contributed by atoms with Gasteiger partial charge in [0.15, 0.2) is 16.9 Å². The van der Waals surface area contributed by atoms with Gasteiger partial charge in [-0.15, -0.1) is 0 Å². The zero-order valence-electron chi connectivity index (χ0n) is 16.5. The zero-order valence-corrected chi connectivity index (χ0v) is 16.5. The van der Waals surface area contributed by atoms with Gasteiger partial charge >= 0.3 is 0 Å². The van der Waals surface area contributed by atoms with Crippen molar-refractivity contribution in [3.63, 3.8) is 0 Å². The van der Waals surface area contributed by atoms with Crippen LogP contribution in [0.4, 0.5) is 0 Å². The molecule has 3 rings (SSSR count). The summed E-state index contributed by atoms with van der Waals surface area (Å²) in [6, 6.07) is 11.8. The van der Waals surface area contributed by atoms with Crippen LogP contribution in [-0.2, 0) is 0 Å². The number of allylic oxidation sites excluding steroid dienone is 2. The average Bonchev–Trinajstić information content (AvgIpc) is 2.75. The number of nitrogens with one attached hydrogen (secondary N) is 1. The van der Waals surface area contributed by atoms with Gasteiger partial charge in [0.05, 0.1) is 36.6 Å². The minimum Gasteiger partial charge on any atom is -0.490 e. The molecule has 1 aliphatic heterocycles. The molecule has 0 aromatic heterocycles. The van der Waals surface area contributed by atoms with E-state index in [9.17, 15) is 15.8 Å². The molecule has 7 nitrogen and oxygen atoms in total. The lowest BCUT2D eigenvalue weighted by molar-refractivity contribution is 0.285. The summed E-state index contributed by atoms with van der Waals surface area (Å²) in [6.45, 7) is 5.86. The molecule has 7 heteroatoms. The van der Waals surface area contributed by atoms with Gasteiger partial charge in [0.25, 0.3) is 0 Å². The normalized spacial score (nSPS) is 22.4. The highest BCUT2D eigenvalue weighted by atomic mass is 16.5. The van der Waals surface area contributed by atoms with Crippen molar-refractivity contribution < 1.29 is 9.47 Å². The van der Waals surface area contributed by atoms with E-state index in [0.29, 0.717) is 37.8 Å². The van der Waals surface area contributed by atoms with Crippen LogP contribution < -0.4 is 20.5 Å². The second kappa shape index (κ2) is 8.27. The van der Waals surface area contributed by atoms with Crippen LogP contribution in [-0.4, -0.2) is 26.3 Å². The van der Waals surface area contributed by atoms with Crippen LogP contribution in [0.1, 0.15) is 25.3 Å². The second-order valence-electron chi connectivity index (χ2n) is 6.91. The topological polar surface area (TPSA) is 128 Å². The molecular formula is C22H23N5O2. The molecular weight excluding hydrogens is 366 g/mol. The van der Waals surface area contributed by atoms with E-state index >= 15 is 0 Å². The predicted octanol–water partition coefficient (Wildman–Crippen LogP) is 2.50. The Morgan fingerprint density at radius 1 is 1.14 bits per heavy atom. The van der Waals surface area contributed by atoms with Crippen molar-refractivity contribution in [1.82, 2.24) is 5.32 Å².